The minimum atomic E-state index is -6.73. The van der Waals surface area contributed by atoms with Crippen LogP contribution in [0.2, 0.25) is 0 Å². The van der Waals surface area contributed by atoms with E-state index in [0.717, 1.165) is 0 Å². The van der Waals surface area contributed by atoms with Crippen LogP contribution in [0.15, 0.2) is 16.6 Å². The topological polar surface area (TPSA) is 0 Å². The van der Waals surface area contributed by atoms with Crippen molar-refractivity contribution in [3.8, 4) is 0 Å². The molecule has 0 saturated carbocycles. The number of alkyl halides is 9. The summed E-state index contributed by atoms with van der Waals surface area (Å²) in [4.78, 5) is 0. The van der Waals surface area contributed by atoms with Crippen molar-refractivity contribution >= 4 is 38.5 Å². The molecule has 0 aliphatic rings. The van der Waals surface area contributed by atoms with Gasteiger partial charge in [0.15, 0.2) is 0 Å². The van der Waals surface area contributed by atoms with Gasteiger partial charge in [0.05, 0.1) is 0 Å². The van der Waals surface area contributed by atoms with Crippen LogP contribution in [-0.2, 0) is 5.67 Å². The van der Waals surface area contributed by atoms with Gasteiger partial charge in [0.1, 0.15) is 0 Å². The van der Waals surface area contributed by atoms with Crippen LogP contribution < -0.4 is 0 Å². The number of rotatable bonds is 2. The highest BCUT2D eigenvalue weighted by molar-refractivity contribution is 14.1. The molecule has 1 aromatic rings. The molecule has 0 fully saturated rings. The summed E-state index contributed by atoms with van der Waals surface area (Å²) >= 11 is 3.87. The molecular weight excluding hydrogens is 498 g/mol. The lowest BCUT2D eigenvalue weighted by Gasteiger charge is -2.36. The SMILES string of the molecule is FC(F)(F)C(F)(F)C(F)(c1cc(Br)[c]c(I)c1)C(F)(F)F. The first-order chi connectivity index (χ1) is 9.14. The summed E-state index contributed by atoms with van der Waals surface area (Å²) < 4.78 is 115. The van der Waals surface area contributed by atoms with Gasteiger partial charge in [-0.05, 0) is 34.7 Å². The summed E-state index contributed by atoms with van der Waals surface area (Å²) in [6, 6.07) is 2.66. The molecule has 1 atom stereocenters. The molecule has 0 aliphatic heterocycles. The molecule has 119 valence electrons. The Bertz CT molecular complexity index is 516. The van der Waals surface area contributed by atoms with E-state index in [1.807, 2.05) is 0 Å². The fourth-order valence-electron chi connectivity index (χ4n) is 1.42. The van der Waals surface area contributed by atoms with Gasteiger partial charge >= 0.3 is 23.9 Å². The second kappa shape index (κ2) is 5.46. The Morgan fingerprint density at radius 3 is 1.67 bits per heavy atom. The van der Waals surface area contributed by atoms with E-state index in [1.165, 1.54) is 22.6 Å². The largest absolute Gasteiger partial charge is 0.457 e. The van der Waals surface area contributed by atoms with Gasteiger partial charge in [-0.25, -0.2) is 4.39 Å². The Labute approximate surface area is 134 Å². The average molecular weight is 500 g/mol. The summed E-state index contributed by atoms with van der Waals surface area (Å²) in [7, 11) is 0. The normalized spacial score (nSPS) is 16.7. The van der Waals surface area contributed by atoms with Crippen LogP contribution in [0.3, 0.4) is 0 Å². The van der Waals surface area contributed by atoms with Crippen LogP contribution in [-0.4, -0.2) is 18.3 Å². The Morgan fingerprint density at radius 2 is 1.33 bits per heavy atom. The van der Waals surface area contributed by atoms with Crippen LogP contribution in [0.25, 0.3) is 0 Å². The van der Waals surface area contributed by atoms with Crippen LogP contribution in [0.5, 0.6) is 0 Å². The van der Waals surface area contributed by atoms with Crippen molar-refractivity contribution in [1.29, 1.82) is 0 Å². The molecule has 0 aromatic heterocycles. The molecule has 0 saturated heterocycles. The average Bonchev–Trinajstić information content (AvgIpc) is 2.22. The van der Waals surface area contributed by atoms with E-state index in [9.17, 15) is 39.5 Å². The molecule has 0 bridgehead atoms. The molecule has 1 radical (unpaired) electrons. The third-order valence-electron chi connectivity index (χ3n) is 2.38. The van der Waals surface area contributed by atoms with E-state index >= 15 is 0 Å². The van der Waals surface area contributed by atoms with Crippen molar-refractivity contribution in [1.82, 2.24) is 0 Å². The van der Waals surface area contributed by atoms with E-state index in [4.69, 9.17) is 0 Å². The highest BCUT2D eigenvalue weighted by Gasteiger charge is 2.81. The lowest BCUT2D eigenvalue weighted by Crippen LogP contribution is -2.59. The monoisotopic (exact) mass is 499 g/mol. The van der Waals surface area contributed by atoms with Gasteiger partial charge in [-0.2, -0.15) is 35.1 Å². The predicted molar refractivity (Wildman–Crippen MR) is 65.5 cm³/mol. The number of halogens is 11. The molecule has 21 heavy (non-hydrogen) atoms. The zero-order chi connectivity index (χ0) is 16.9. The molecule has 0 spiro atoms. The number of benzene rings is 1. The summed E-state index contributed by atoms with van der Waals surface area (Å²) in [6.45, 7) is 0. The molecule has 0 nitrogen and oxygen atoms in total. The van der Waals surface area contributed by atoms with Crippen LogP contribution in [0.4, 0.5) is 39.5 Å². The highest BCUT2D eigenvalue weighted by Crippen LogP contribution is 2.58. The van der Waals surface area contributed by atoms with E-state index in [0.29, 0.717) is 0 Å². The van der Waals surface area contributed by atoms with Crippen molar-refractivity contribution in [2.75, 3.05) is 0 Å². The molecule has 1 rings (SSSR count). The highest BCUT2D eigenvalue weighted by atomic mass is 127. The maximum Gasteiger partial charge on any atom is 0.457 e. The van der Waals surface area contributed by atoms with Crippen LogP contribution >= 0.6 is 38.5 Å². The minimum absolute atomic E-state index is 0.176. The van der Waals surface area contributed by atoms with Crippen molar-refractivity contribution in [3.63, 3.8) is 0 Å². The lowest BCUT2D eigenvalue weighted by molar-refractivity contribution is -0.389. The maximum absolute atomic E-state index is 14.0. The Hall–Kier alpha value is -0.200. The zero-order valence-corrected chi connectivity index (χ0v) is 13.1. The van der Waals surface area contributed by atoms with E-state index < -0.39 is 34.0 Å². The molecule has 1 unspecified atom stereocenters. The quantitative estimate of drug-likeness (QED) is 0.357. The van der Waals surface area contributed by atoms with Gasteiger partial charge < -0.3 is 0 Å². The molecule has 0 amide bonds. The molecular formula is C10H2BrF9I. The third-order valence-corrected chi connectivity index (χ3v) is 3.39. The molecule has 0 aliphatic carbocycles. The Morgan fingerprint density at radius 1 is 0.857 bits per heavy atom. The summed E-state index contributed by atoms with van der Waals surface area (Å²) in [6.07, 6.45) is -13.2. The maximum atomic E-state index is 14.0. The second-order valence-electron chi connectivity index (χ2n) is 3.79. The van der Waals surface area contributed by atoms with E-state index in [2.05, 4.69) is 22.0 Å². The first-order valence-electron chi connectivity index (χ1n) is 4.73. The van der Waals surface area contributed by atoms with Gasteiger partial charge in [0.25, 0.3) is 0 Å². The first kappa shape index (κ1) is 18.8. The van der Waals surface area contributed by atoms with E-state index in [-0.39, 0.29) is 15.7 Å². The fourth-order valence-corrected chi connectivity index (χ4v) is 2.87. The van der Waals surface area contributed by atoms with Gasteiger partial charge in [-0.1, -0.05) is 15.9 Å². The Kier molecular flexibility index (Phi) is 4.90. The fraction of sp³-hybridized carbons (Fsp3) is 0.400. The van der Waals surface area contributed by atoms with E-state index in [1.54, 1.807) is 0 Å². The van der Waals surface area contributed by atoms with Crippen molar-refractivity contribution in [2.24, 2.45) is 0 Å². The molecule has 0 heterocycles. The van der Waals surface area contributed by atoms with Gasteiger partial charge in [-0.15, -0.1) is 0 Å². The standard InChI is InChI=1S/C10H2BrF9I/c11-5-1-4(2-6(21)3-5)7(12,9(15,16)17)8(13,14)10(18,19)20/h1-2H. The molecule has 1 aromatic carbocycles. The predicted octanol–water partition coefficient (Wildman–Crippen LogP) is 5.78. The van der Waals surface area contributed by atoms with Gasteiger partial charge in [0, 0.05) is 19.7 Å². The number of hydrogen-bond acceptors (Lipinski definition) is 0. The summed E-state index contributed by atoms with van der Waals surface area (Å²) in [5.41, 5.74) is -7.79. The molecule has 0 N–H and O–H groups in total. The van der Waals surface area contributed by atoms with Crippen molar-refractivity contribution < 1.29 is 39.5 Å². The smallest absolute Gasteiger partial charge is 0.221 e. The Balaban J connectivity index is 3.71. The minimum Gasteiger partial charge on any atom is -0.221 e. The summed E-state index contributed by atoms with van der Waals surface area (Å²) in [5.74, 6) is -6.66. The number of hydrogen-bond donors (Lipinski definition) is 0. The molecule has 11 heteroatoms. The first-order valence-corrected chi connectivity index (χ1v) is 6.61. The van der Waals surface area contributed by atoms with Crippen LogP contribution in [0, 0.1) is 9.64 Å². The summed E-state index contributed by atoms with van der Waals surface area (Å²) in [5, 5.41) is 0. The zero-order valence-electron chi connectivity index (χ0n) is 9.31. The van der Waals surface area contributed by atoms with Crippen LogP contribution in [0.1, 0.15) is 5.56 Å². The van der Waals surface area contributed by atoms with Crippen molar-refractivity contribution in [3.05, 3.63) is 31.8 Å². The second-order valence-corrected chi connectivity index (χ2v) is 5.81. The third kappa shape index (κ3) is 3.13. The van der Waals surface area contributed by atoms with Gasteiger partial charge in [-0.3, -0.25) is 0 Å². The lowest BCUT2D eigenvalue weighted by atomic mass is 9.88. The van der Waals surface area contributed by atoms with Crippen molar-refractivity contribution in [2.45, 2.75) is 23.9 Å². The van der Waals surface area contributed by atoms with Gasteiger partial charge in [0.2, 0.25) is 0 Å².